The Balaban J connectivity index is 2.28. The van der Waals surface area contributed by atoms with Crippen LogP contribution < -0.4 is 5.43 Å². The van der Waals surface area contributed by atoms with Gasteiger partial charge >= 0.3 is 6.09 Å². The minimum absolute atomic E-state index is 0.368. The Hall–Kier alpha value is -3.14. The van der Waals surface area contributed by atoms with Gasteiger partial charge in [0.2, 0.25) is 0 Å². The number of rotatable bonds is 5. The molecule has 2 rings (SSSR count). The number of aryl methyl sites for hydroxylation is 1. The van der Waals surface area contributed by atoms with Crippen LogP contribution in [-0.2, 0) is 11.3 Å². The number of nitrogens with one attached hydrogen (secondary N) is 1. The predicted molar refractivity (Wildman–Crippen MR) is 81.0 cm³/mol. The molecular formula is C15H15N5O2. The van der Waals surface area contributed by atoms with Gasteiger partial charge in [0, 0.05) is 17.3 Å². The lowest BCUT2D eigenvalue weighted by molar-refractivity contribution is 0.171. The number of hydrogen-bond donors (Lipinski definition) is 1. The number of amides is 1. The molecule has 0 unspecified atom stereocenters. The van der Waals surface area contributed by atoms with Crippen molar-refractivity contribution in [3.05, 3.63) is 42.1 Å². The zero-order chi connectivity index (χ0) is 15.8. The van der Waals surface area contributed by atoms with Crippen LogP contribution in [0.25, 0.3) is 11.3 Å². The summed E-state index contributed by atoms with van der Waals surface area (Å²) >= 11 is 0. The van der Waals surface area contributed by atoms with E-state index in [9.17, 15) is 4.79 Å². The highest BCUT2D eigenvalue weighted by molar-refractivity contribution is 5.89. The Kier molecular flexibility index (Phi) is 5.26. The second-order valence-corrected chi connectivity index (χ2v) is 4.33. The molecular weight excluding hydrogens is 282 g/mol. The first kappa shape index (κ1) is 15.3. The van der Waals surface area contributed by atoms with Gasteiger partial charge in [-0.1, -0.05) is 30.3 Å². The van der Waals surface area contributed by atoms with Crippen molar-refractivity contribution in [2.75, 3.05) is 7.11 Å². The van der Waals surface area contributed by atoms with Crippen LogP contribution >= 0.6 is 0 Å². The molecule has 1 N–H and O–H groups in total. The molecule has 1 heterocycles. The standard InChI is InChI=1S/C15H15N5O2/c1-22-15(21)18-17-10-13-11-20(9-5-8-16)19-14(13)12-6-3-2-4-7-12/h2-4,6-7,10-11H,5,9H2,1H3,(H,18,21)/b17-10-. The summed E-state index contributed by atoms with van der Waals surface area (Å²) in [7, 11) is 1.26. The van der Waals surface area contributed by atoms with Crippen molar-refractivity contribution in [2.24, 2.45) is 5.10 Å². The molecule has 0 aliphatic heterocycles. The summed E-state index contributed by atoms with van der Waals surface area (Å²) in [5.41, 5.74) is 4.63. The van der Waals surface area contributed by atoms with E-state index in [1.54, 1.807) is 10.9 Å². The van der Waals surface area contributed by atoms with E-state index >= 15 is 0 Å². The lowest BCUT2D eigenvalue weighted by Crippen LogP contribution is -2.16. The predicted octanol–water partition coefficient (Wildman–Crippen LogP) is 2.15. The third-order valence-corrected chi connectivity index (χ3v) is 2.83. The summed E-state index contributed by atoms with van der Waals surface area (Å²) in [6, 6.07) is 11.7. The minimum Gasteiger partial charge on any atom is -0.452 e. The molecule has 0 aliphatic carbocycles. The van der Waals surface area contributed by atoms with Gasteiger partial charge in [-0.2, -0.15) is 15.5 Å². The number of aromatic nitrogens is 2. The molecule has 0 atom stereocenters. The first-order chi connectivity index (χ1) is 10.7. The number of ether oxygens (including phenoxy) is 1. The topological polar surface area (TPSA) is 92.3 Å². The Morgan fingerprint density at radius 2 is 2.27 bits per heavy atom. The Morgan fingerprint density at radius 3 is 2.95 bits per heavy atom. The summed E-state index contributed by atoms with van der Waals surface area (Å²) in [5.74, 6) is 0. The van der Waals surface area contributed by atoms with Crippen LogP contribution in [0.15, 0.2) is 41.6 Å². The van der Waals surface area contributed by atoms with Gasteiger partial charge in [-0.05, 0) is 0 Å². The van der Waals surface area contributed by atoms with Crippen molar-refractivity contribution in [3.63, 3.8) is 0 Å². The summed E-state index contributed by atoms with van der Waals surface area (Å²) in [4.78, 5) is 11.0. The molecule has 7 nitrogen and oxygen atoms in total. The van der Waals surface area contributed by atoms with E-state index in [2.05, 4.69) is 26.4 Å². The largest absolute Gasteiger partial charge is 0.452 e. The van der Waals surface area contributed by atoms with E-state index in [0.29, 0.717) is 13.0 Å². The quantitative estimate of drug-likeness (QED) is 0.676. The number of carbonyl (C=O) groups is 1. The van der Waals surface area contributed by atoms with E-state index in [-0.39, 0.29) is 0 Å². The molecule has 2 aromatic rings. The van der Waals surface area contributed by atoms with Gasteiger partial charge in [0.15, 0.2) is 0 Å². The zero-order valence-corrected chi connectivity index (χ0v) is 12.1. The fraction of sp³-hybridized carbons (Fsp3) is 0.200. The molecule has 7 heteroatoms. The molecule has 1 aromatic heterocycles. The number of benzene rings is 1. The maximum Gasteiger partial charge on any atom is 0.427 e. The third-order valence-electron chi connectivity index (χ3n) is 2.83. The van der Waals surface area contributed by atoms with E-state index in [1.165, 1.54) is 13.3 Å². The highest BCUT2D eigenvalue weighted by atomic mass is 16.5. The molecule has 0 saturated heterocycles. The van der Waals surface area contributed by atoms with Crippen LogP contribution in [-0.4, -0.2) is 29.2 Å². The SMILES string of the molecule is COC(=O)N/N=C\c1cn(CCC#N)nc1-c1ccccc1. The molecule has 22 heavy (non-hydrogen) atoms. The van der Waals surface area contributed by atoms with Gasteiger partial charge in [0.05, 0.1) is 32.4 Å². The molecule has 112 valence electrons. The summed E-state index contributed by atoms with van der Waals surface area (Å²) in [6.07, 6.45) is 3.00. The van der Waals surface area contributed by atoms with Crippen molar-refractivity contribution in [1.29, 1.82) is 5.26 Å². The van der Waals surface area contributed by atoms with Crippen molar-refractivity contribution in [1.82, 2.24) is 15.2 Å². The van der Waals surface area contributed by atoms with Crippen molar-refractivity contribution >= 4 is 12.3 Å². The number of nitriles is 1. The van der Waals surface area contributed by atoms with E-state index < -0.39 is 6.09 Å². The van der Waals surface area contributed by atoms with Crippen LogP contribution in [0.5, 0.6) is 0 Å². The fourth-order valence-corrected chi connectivity index (χ4v) is 1.83. The molecule has 1 amide bonds. The smallest absolute Gasteiger partial charge is 0.427 e. The van der Waals surface area contributed by atoms with Gasteiger partial charge in [-0.15, -0.1) is 0 Å². The first-order valence-corrected chi connectivity index (χ1v) is 6.61. The second kappa shape index (κ2) is 7.59. The second-order valence-electron chi connectivity index (χ2n) is 4.33. The molecule has 0 saturated carbocycles. The number of hydrazone groups is 1. The third kappa shape index (κ3) is 3.93. The summed E-state index contributed by atoms with van der Waals surface area (Å²) in [6.45, 7) is 0.495. The average Bonchev–Trinajstić information content (AvgIpc) is 2.96. The summed E-state index contributed by atoms with van der Waals surface area (Å²) in [5, 5.41) is 17.0. The monoisotopic (exact) mass is 297 g/mol. The average molecular weight is 297 g/mol. The van der Waals surface area contributed by atoms with Gasteiger partial charge in [0.1, 0.15) is 5.69 Å². The molecule has 0 aliphatic rings. The fourth-order valence-electron chi connectivity index (χ4n) is 1.83. The molecule has 0 spiro atoms. The van der Waals surface area contributed by atoms with Crippen molar-refractivity contribution in [2.45, 2.75) is 13.0 Å². The van der Waals surface area contributed by atoms with E-state index in [0.717, 1.165) is 16.8 Å². The van der Waals surface area contributed by atoms with Crippen LogP contribution in [0, 0.1) is 11.3 Å². The van der Waals surface area contributed by atoms with E-state index in [4.69, 9.17) is 5.26 Å². The molecule has 0 radical (unpaired) electrons. The van der Waals surface area contributed by atoms with Gasteiger partial charge in [-0.3, -0.25) is 4.68 Å². The Morgan fingerprint density at radius 1 is 1.50 bits per heavy atom. The van der Waals surface area contributed by atoms with Gasteiger partial charge < -0.3 is 4.74 Å². The highest BCUT2D eigenvalue weighted by Crippen LogP contribution is 2.20. The lowest BCUT2D eigenvalue weighted by atomic mass is 10.1. The minimum atomic E-state index is -0.644. The normalized spacial score (nSPS) is 10.4. The number of hydrogen-bond acceptors (Lipinski definition) is 5. The van der Waals surface area contributed by atoms with Gasteiger partial charge in [-0.25, -0.2) is 10.2 Å². The van der Waals surface area contributed by atoms with Crippen LogP contribution in [0.1, 0.15) is 12.0 Å². The molecule has 0 fully saturated rings. The highest BCUT2D eigenvalue weighted by Gasteiger charge is 2.09. The maximum absolute atomic E-state index is 11.0. The summed E-state index contributed by atoms with van der Waals surface area (Å²) < 4.78 is 6.13. The van der Waals surface area contributed by atoms with Crippen molar-refractivity contribution in [3.8, 4) is 17.3 Å². The van der Waals surface area contributed by atoms with Crippen LogP contribution in [0.4, 0.5) is 4.79 Å². The zero-order valence-electron chi connectivity index (χ0n) is 12.1. The Labute approximate surface area is 127 Å². The number of carbonyl (C=O) groups excluding carboxylic acids is 1. The van der Waals surface area contributed by atoms with Crippen LogP contribution in [0.3, 0.4) is 0 Å². The molecule has 1 aromatic carbocycles. The number of nitrogens with zero attached hydrogens (tertiary/aromatic N) is 4. The molecule has 0 bridgehead atoms. The van der Waals surface area contributed by atoms with Crippen LogP contribution in [0.2, 0.25) is 0 Å². The van der Waals surface area contributed by atoms with Gasteiger partial charge in [0.25, 0.3) is 0 Å². The maximum atomic E-state index is 11.0. The Bertz CT molecular complexity index is 700. The van der Waals surface area contributed by atoms with Crippen molar-refractivity contribution < 1.29 is 9.53 Å². The first-order valence-electron chi connectivity index (χ1n) is 6.61. The number of methoxy groups -OCH3 is 1. The van der Waals surface area contributed by atoms with E-state index in [1.807, 2.05) is 30.3 Å². The lowest BCUT2D eigenvalue weighted by Gasteiger charge is -1.98.